The van der Waals surface area contributed by atoms with E-state index in [9.17, 15) is 33.9 Å². The van der Waals surface area contributed by atoms with Crippen molar-refractivity contribution < 1.29 is 33.9 Å². The molecule has 0 aromatic carbocycles. The SMILES string of the molecule is NC(=O)CCC(NC(=O)C1CCCN1C(=O)C(N)Cc1cnc[nH]1)C(=O)NC(CC(N)=O)C(=O)O. The molecule has 4 unspecified atom stereocenters. The van der Waals surface area contributed by atoms with Crippen LogP contribution in [-0.4, -0.2) is 86.2 Å². The van der Waals surface area contributed by atoms with Gasteiger partial charge in [0.1, 0.15) is 18.1 Å². The second-order valence-electron chi connectivity index (χ2n) is 8.21. The van der Waals surface area contributed by atoms with Crippen molar-refractivity contribution in [2.24, 2.45) is 17.2 Å². The molecule has 2 rings (SSSR count). The number of likely N-dealkylation sites (tertiary alicyclic amines) is 1. The highest BCUT2D eigenvalue weighted by molar-refractivity contribution is 5.95. The van der Waals surface area contributed by atoms with Gasteiger partial charge in [0, 0.05) is 31.3 Å². The number of amides is 5. The van der Waals surface area contributed by atoms with Crippen LogP contribution in [0, 0.1) is 0 Å². The van der Waals surface area contributed by atoms with Crippen LogP contribution in [0.4, 0.5) is 0 Å². The van der Waals surface area contributed by atoms with Crippen molar-refractivity contribution in [1.82, 2.24) is 25.5 Å². The molecule has 35 heavy (non-hydrogen) atoms. The van der Waals surface area contributed by atoms with E-state index in [2.05, 4.69) is 20.6 Å². The predicted molar refractivity (Wildman–Crippen MR) is 119 cm³/mol. The molecule has 1 aromatic rings. The summed E-state index contributed by atoms with van der Waals surface area (Å²) in [6.45, 7) is 0.283. The third-order valence-corrected chi connectivity index (χ3v) is 5.48. The van der Waals surface area contributed by atoms with Crippen LogP contribution in [0.1, 0.15) is 37.8 Å². The third-order valence-electron chi connectivity index (χ3n) is 5.48. The van der Waals surface area contributed by atoms with Crippen molar-refractivity contribution in [2.45, 2.75) is 62.7 Å². The Morgan fingerprint density at radius 2 is 1.86 bits per heavy atom. The number of carboxylic acids is 1. The molecule has 192 valence electrons. The number of hydrogen-bond donors (Lipinski definition) is 7. The normalized spacial score (nSPS) is 17.7. The van der Waals surface area contributed by atoms with Crippen LogP contribution < -0.4 is 27.8 Å². The van der Waals surface area contributed by atoms with Gasteiger partial charge >= 0.3 is 5.97 Å². The van der Waals surface area contributed by atoms with Gasteiger partial charge in [-0.15, -0.1) is 0 Å². The Balaban J connectivity index is 2.09. The lowest BCUT2D eigenvalue weighted by Gasteiger charge is -2.28. The summed E-state index contributed by atoms with van der Waals surface area (Å²) in [5.41, 5.74) is 16.8. The Kier molecular flexibility index (Phi) is 9.69. The highest BCUT2D eigenvalue weighted by atomic mass is 16.4. The number of aliphatic carboxylic acids is 1. The van der Waals surface area contributed by atoms with Gasteiger partial charge in [-0.2, -0.15) is 0 Å². The Hall–Kier alpha value is -4.01. The molecule has 15 heteroatoms. The van der Waals surface area contributed by atoms with Gasteiger partial charge in [0.2, 0.25) is 29.5 Å². The number of rotatable bonds is 13. The van der Waals surface area contributed by atoms with E-state index in [1.54, 1.807) is 0 Å². The number of H-pyrrole nitrogens is 1. The molecule has 0 radical (unpaired) electrons. The van der Waals surface area contributed by atoms with Gasteiger partial charge in [-0.3, -0.25) is 24.0 Å². The summed E-state index contributed by atoms with van der Waals surface area (Å²) in [5, 5.41) is 13.8. The number of nitrogens with one attached hydrogen (secondary N) is 3. The summed E-state index contributed by atoms with van der Waals surface area (Å²) < 4.78 is 0. The minimum atomic E-state index is -1.63. The summed E-state index contributed by atoms with van der Waals surface area (Å²) in [6, 6.07) is -4.82. The Labute approximate surface area is 200 Å². The predicted octanol–water partition coefficient (Wildman–Crippen LogP) is -3.53. The number of carboxylic acid groups (broad SMARTS) is 1. The molecule has 0 bridgehead atoms. The Morgan fingerprint density at radius 3 is 2.43 bits per heavy atom. The van der Waals surface area contributed by atoms with E-state index in [0.717, 1.165) is 0 Å². The molecule has 1 aromatic heterocycles. The first kappa shape index (κ1) is 27.2. The largest absolute Gasteiger partial charge is 0.480 e. The lowest BCUT2D eigenvalue weighted by atomic mass is 10.1. The van der Waals surface area contributed by atoms with E-state index in [-0.39, 0.29) is 25.8 Å². The zero-order valence-electron chi connectivity index (χ0n) is 18.9. The summed E-state index contributed by atoms with van der Waals surface area (Å²) in [7, 11) is 0. The average Bonchev–Trinajstić information content (AvgIpc) is 3.46. The van der Waals surface area contributed by atoms with Crippen LogP contribution in [0.3, 0.4) is 0 Å². The lowest BCUT2D eigenvalue weighted by Crippen LogP contribution is -2.57. The standard InChI is InChI=1S/C20H30N8O7/c21-11(6-10-8-24-9-25-10)19(33)28-5-1-2-14(28)18(32)26-12(3-4-15(22)29)17(31)27-13(20(34)35)7-16(23)30/h8-9,11-14H,1-7,21H2,(H2,22,29)(H2,23,30)(H,24,25)(H,26,32)(H,27,31)(H,34,35). The summed E-state index contributed by atoms with van der Waals surface area (Å²) in [4.78, 5) is 80.3. The number of aromatic amines is 1. The number of carbonyl (C=O) groups excluding carboxylic acids is 5. The van der Waals surface area contributed by atoms with Crippen LogP contribution >= 0.6 is 0 Å². The van der Waals surface area contributed by atoms with Gasteiger partial charge in [-0.1, -0.05) is 0 Å². The fraction of sp³-hybridized carbons (Fsp3) is 0.550. The van der Waals surface area contributed by atoms with E-state index < -0.39 is 66.1 Å². The highest BCUT2D eigenvalue weighted by Gasteiger charge is 2.38. The Bertz CT molecular complexity index is 951. The topological polar surface area (TPSA) is 257 Å². The number of carbonyl (C=O) groups is 6. The molecule has 0 aliphatic carbocycles. The monoisotopic (exact) mass is 494 g/mol. The van der Waals surface area contributed by atoms with Crippen molar-refractivity contribution in [2.75, 3.05) is 6.54 Å². The second-order valence-corrected chi connectivity index (χ2v) is 8.21. The van der Waals surface area contributed by atoms with E-state index in [1.165, 1.54) is 17.4 Å². The molecular weight excluding hydrogens is 464 g/mol. The molecule has 1 saturated heterocycles. The van der Waals surface area contributed by atoms with Crippen molar-refractivity contribution in [3.05, 3.63) is 18.2 Å². The van der Waals surface area contributed by atoms with Crippen molar-refractivity contribution in [3.63, 3.8) is 0 Å². The van der Waals surface area contributed by atoms with Crippen molar-refractivity contribution >= 4 is 35.5 Å². The van der Waals surface area contributed by atoms with Crippen LogP contribution in [-0.2, 0) is 35.2 Å². The zero-order chi connectivity index (χ0) is 26.1. The smallest absolute Gasteiger partial charge is 0.326 e. The fourth-order valence-electron chi connectivity index (χ4n) is 3.73. The number of aromatic nitrogens is 2. The Morgan fingerprint density at radius 1 is 1.14 bits per heavy atom. The number of hydrogen-bond acceptors (Lipinski definition) is 8. The first-order valence-corrected chi connectivity index (χ1v) is 10.9. The molecule has 5 amide bonds. The molecule has 15 nitrogen and oxygen atoms in total. The quantitative estimate of drug-likeness (QED) is 0.143. The molecule has 0 saturated carbocycles. The third kappa shape index (κ3) is 8.06. The van der Waals surface area contributed by atoms with E-state index in [1.807, 2.05) is 0 Å². The summed E-state index contributed by atoms with van der Waals surface area (Å²) in [6.07, 6.45) is 2.83. The maximum absolute atomic E-state index is 13.0. The van der Waals surface area contributed by atoms with Crippen molar-refractivity contribution in [1.29, 1.82) is 0 Å². The number of nitrogens with zero attached hydrogens (tertiary/aromatic N) is 2. The molecule has 1 fully saturated rings. The first-order chi connectivity index (χ1) is 16.5. The zero-order valence-corrected chi connectivity index (χ0v) is 18.9. The molecule has 2 heterocycles. The first-order valence-electron chi connectivity index (χ1n) is 10.9. The van der Waals surface area contributed by atoms with Gasteiger partial charge in [-0.25, -0.2) is 9.78 Å². The maximum atomic E-state index is 13.0. The number of primary amides is 2. The number of nitrogens with two attached hydrogens (primary N) is 3. The lowest BCUT2D eigenvalue weighted by molar-refractivity contribution is -0.144. The molecule has 4 atom stereocenters. The molecule has 10 N–H and O–H groups in total. The van der Waals surface area contributed by atoms with Gasteiger partial charge < -0.3 is 42.8 Å². The van der Waals surface area contributed by atoms with Gasteiger partial charge in [0.15, 0.2) is 0 Å². The number of imidazole rings is 1. The van der Waals surface area contributed by atoms with Crippen LogP contribution in [0.2, 0.25) is 0 Å². The van der Waals surface area contributed by atoms with E-state index >= 15 is 0 Å². The molecule has 1 aliphatic rings. The summed E-state index contributed by atoms with van der Waals surface area (Å²) >= 11 is 0. The highest BCUT2D eigenvalue weighted by Crippen LogP contribution is 2.19. The minimum absolute atomic E-state index is 0.184. The van der Waals surface area contributed by atoms with Crippen LogP contribution in [0.5, 0.6) is 0 Å². The van der Waals surface area contributed by atoms with Gasteiger partial charge in [0.05, 0.1) is 18.8 Å². The van der Waals surface area contributed by atoms with Crippen LogP contribution in [0.25, 0.3) is 0 Å². The fourth-order valence-corrected chi connectivity index (χ4v) is 3.73. The molecule has 1 aliphatic heterocycles. The van der Waals surface area contributed by atoms with E-state index in [0.29, 0.717) is 18.5 Å². The van der Waals surface area contributed by atoms with Crippen molar-refractivity contribution in [3.8, 4) is 0 Å². The minimum Gasteiger partial charge on any atom is -0.480 e. The molecular formula is C20H30N8O7. The summed E-state index contributed by atoms with van der Waals surface area (Å²) in [5.74, 6) is -5.27. The average molecular weight is 495 g/mol. The second kappa shape index (κ2) is 12.5. The van der Waals surface area contributed by atoms with E-state index in [4.69, 9.17) is 17.2 Å². The van der Waals surface area contributed by atoms with Gasteiger partial charge in [-0.05, 0) is 19.3 Å². The van der Waals surface area contributed by atoms with Crippen LogP contribution in [0.15, 0.2) is 12.5 Å². The molecule has 0 spiro atoms. The maximum Gasteiger partial charge on any atom is 0.326 e. The van der Waals surface area contributed by atoms with Gasteiger partial charge in [0.25, 0.3) is 0 Å².